The molecule has 2 aromatic carbocycles. The molecule has 23 heavy (non-hydrogen) atoms. The van der Waals surface area contributed by atoms with Crippen molar-refractivity contribution < 1.29 is 14.6 Å². The molecule has 0 aliphatic carbocycles. The molecule has 0 radical (unpaired) electrons. The maximum atomic E-state index is 11.3. The van der Waals surface area contributed by atoms with E-state index in [1.54, 1.807) is 11.7 Å². The zero-order valence-corrected chi connectivity index (χ0v) is 12.9. The number of hydrogen-bond acceptors (Lipinski definition) is 3. The quantitative estimate of drug-likeness (QED) is 0.800. The molecule has 5 heteroatoms. The molecule has 0 fully saturated rings. The van der Waals surface area contributed by atoms with E-state index in [-0.39, 0.29) is 5.69 Å². The molecule has 5 nitrogen and oxygen atoms in total. The van der Waals surface area contributed by atoms with E-state index in [9.17, 15) is 9.90 Å². The summed E-state index contributed by atoms with van der Waals surface area (Å²) in [6, 6.07) is 15.2. The van der Waals surface area contributed by atoms with Crippen molar-refractivity contribution in [3.63, 3.8) is 0 Å². The van der Waals surface area contributed by atoms with Crippen LogP contribution in [0.3, 0.4) is 0 Å². The van der Waals surface area contributed by atoms with Gasteiger partial charge in [-0.05, 0) is 19.1 Å². The van der Waals surface area contributed by atoms with E-state index in [2.05, 4.69) is 4.98 Å². The first-order chi connectivity index (χ1) is 11.1. The van der Waals surface area contributed by atoms with Crippen molar-refractivity contribution in [3.8, 4) is 22.8 Å². The lowest BCUT2D eigenvalue weighted by Gasteiger charge is -2.09. The van der Waals surface area contributed by atoms with Crippen LogP contribution in [0.1, 0.15) is 16.1 Å². The summed E-state index contributed by atoms with van der Waals surface area (Å²) in [6.07, 6.45) is 1.52. The van der Waals surface area contributed by atoms with Gasteiger partial charge in [0.05, 0.1) is 12.8 Å². The zero-order chi connectivity index (χ0) is 16.4. The lowest BCUT2D eigenvalue weighted by atomic mass is 10.1. The molecule has 0 aliphatic heterocycles. The van der Waals surface area contributed by atoms with Crippen LogP contribution in [0.4, 0.5) is 0 Å². The van der Waals surface area contributed by atoms with Crippen molar-refractivity contribution in [1.29, 1.82) is 0 Å². The van der Waals surface area contributed by atoms with Crippen LogP contribution < -0.4 is 4.74 Å². The van der Waals surface area contributed by atoms with Crippen LogP contribution in [-0.2, 0) is 0 Å². The van der Waals surface area contributed by atoms with Crippen molar-refractivity contribution in [1.82, 2.24) is 9.55 Å². The van der Waals surface area contributed by atoms with Gasteiger partial charge < -0.3 is 9.84 Å². The van der Waals surface area contributed by atoms with Gasteiger partial charge in [-0.25, -0.2) is 9.78 Å². The Kier molecular flexibility index (Phi) is 3.85. The Bertz CT molecular complexity index is 851. The molecule has 0 saturated heterocycles. The van der Waals surface area contributed by atoms with Crippen LogP contribution in [0.5, 0.6) is 5.75 Å². The van der Waals surface area contributed by atoms with E-state index < -0.39 is 5.97 Å². The molecule has 3 rings (SSSR count). The first-order valence-corrected chi connectivity index (χ1v) is 7.12. The van der Waals surface area contributed by atoms with Crippen LogP contribution in [0.25, 0.3) is 17.1 Å². The third-order valence-corrected chi connectivity index (χ3v) is 3.57. The fourth-order valence-electron chi connectivity index (χ4n) is 2.35. The van der Waals surface area contributed by atoms with E-state index in [1.807, 2.05) is 55.5 Å². The van der Waals surface area contributed by atoms with Gasteiger partial charge in [-0.1, -0.05) is 35.9 Å². The Balaban J connectivity index is 2.18. The fraction of sp³-hybridized carbons (Fsp3) is 0.111. The maximum Gasteiger partial charge on any atom is 0.356 e. The molecular formula is C18H16N2O3. The number of rotatable bonds is 4. The highest BCUT2D eigenvalue weighted by molar-refractivity contribution is 5.86. The number of nitrogens with zero attached hydrogens (tertiary/aromatic N) is 2. The summed E-state index contributed by atoms with van der Waals surface area (Å²) in [7, 11) is 1.59. The molecule has 1 aromatic heterocycles. The Morgan fingerprint density at radius 2 is 1.91 bits per heavy atom. The van der Waals surface area contributed by atoms with Gasteiger partial charge in [-0.2, -0.15) is 0 Å². The Labute approximate surface area is 133 Å². The van der Waals surface area contributed by atoms with Crippen molar-refractivity contribution in [3.05, 3.63) is 66.0 Å². The highest BCUT2D eigenvalue weighted by Gasteiger charge is 2.16. The first-order valence-electron chi connectivity index (χ1n) is 7.12. The van der Waals surface area contributed by atoms with Gasteiger partial charge in [0.25, 0.3) is 0 Å². The van der Waals surface area contributed by atoms with Crippen LogP contribution >= 0.6 is 0 Å². The van der Waals surface area contributed by atoms with Gasteiger partial charge in [0.2, 0.25) is 0 Å². The van der Waals surface area contributed by atoms with Crippen LogP contribution in [0, 0.1) is 6.92 Å². The summed E-state index contributed by atoms with van der Waals surface area (Å²) in [4.78, 5) is 15.6. The lowest BCUT2D eigenvalue weighted by molar-refractivity contribution is 0.0691. The summed E-state index contributed by atoms with van der Waals surface area (Å²) < 4.78 is 7.00. The number of carboxylic acid groups (broad SMARTS) is 1. The minimum absolute atomic E-state index is 0.00314. The van der Waals surface area contributed by atoms with Crippen LogP contribution in [-0.4, -0.2) is 27.7 Å². The number of imidazole rings is 1. The molecule has 0 saturated carbocycles. The summed E-state index contributed by atoms with van der Waals surface area (Å²) >= 11 is 0. The molecule has 1 heterocycles. The molecule has 0 aliphatic rings. The summed E-state index contributed by atoms with van der Waals surface area (Å²) in [5.41, 5.74) is 2.78. The molecule has 1 N–H and O–H groups in total. The smallest absolute Gasteiger partial charge is 0.356 e. The molecule has 0 atom stereocenters. The van der Waals surface area contributed by atoms with Crippen LogP contribution in [0.15, 0.2) is 54.7 Å². The lowest BCUT2D eigenvalue weighted by Crippen LogP contribution is -1.97. The van der Waals surface area contributed by atoms with Gasteiger partial charge in [0, 0.05) is 17.8 Å². The monoisotopic (exact) mass is 308 g/mol. The predicted octanol–water partition coefficient (Wildman–Crippen LogP) is 3.55. The summed E-state index contributed by atoms with van der Waals surface area (Å²) in [5, 5.41) is 9.26. The molecule has 0 amide bonds. The van der Waals surface area contributed by atoms with Gasteiger partial charge in [0.1, 0.15) is 11.6 Å². The zero-order valence-electron chi connectivity index (χ0n) is 12.9. The topological polar surface area (TPSA) is 64.3 Å². The van der Waals surface area contributed by atoms with Crippen LogP contribution in [0.2, 0.25) is 0 Å². The van der Waals surface area contributed by atoms with Crippen molar-refractivity contribution in [2.45, 2.75) is 6.92 Å². The highest BCUT2D eigenvalue weighted by atomic mass is 16.5. The Morgan fingerprint density at radius 1 is 1.17 bits per heavy atom. The van der Waals surface area contributed by atoms with Gasteiger partial charge >= 0.3 is 5.97 Å². The molecule has 116 valence electrons. The largest absolute Gasteiger partial charge is 0.497 e. The van der Waals surface area contributed by atoms with E-state index in [4.69, 9.17) is 4.74 Å². The third kappa shape index (κ3) is 2.94. The second kappa shape index (κ2) is 5.96. The Hall–Kier alpha value is -3.08. The molecule has 3 aromatic rings. The van der Waals surface area contributed by atoms with Gasteiger partial charge in [-0.15, -0.1) is 0 Å². The first kappa shape index (κ1) is 14.8. The number of carbonyl (C=O) groups is 1. The number of hydrogen-bond donors (Lipinski definition) is 1. The molecule has 0 spiro atoms. The Morgan fingerprint density at radius 3 is 2.57 bits per heavy atom. The average molecular weight is 308 g/mol. The van der Waals surface area contributed by atoms with Crippen molar-refractivity contribution in [2.75, 3.05) is 7.11 Å². The summed E-state index contributed by atoms with van der Waals surface area (Å²) in [5.74, 6) is 0.221. The number of aromatic nitrogens is 2. The number of carboxylic acids is 1. The van der Waals surface area contributed by atoms with Crippen molar-refractivity contribution >= 4 is 5.97 Å². The minimum Gasteiger partial charge on any atom is -0.497 e. The second-order valence-electron chi connectivity index (χ2n) is 5.19. The number of ether oxygens (including phenoxy) is 1. The minimum atomic E-state index is -1.06. The van der Waals surface area contributed by atoms with E-state index in [0.717, 1.165) is 16.8 Å². The van der Waals surface area contributed by atoms with Gasteiger partial charge in [-0.3, -0.25) is 4.57 Å². The molecule has 0 unspecified atom stereocenters. The number of methoxy groups -OCH3 is 1. The number of benzene rings is 2. The maximum absolute atomic E-state index is 11.3. The molecule has 0 bridgehead atoms. The van der Waals surface area contributed by atoms with Crippen molar-refractivity contribution in [2.24, 2.45) is 0 Å². The van der Waals surface area contributed by atoms with E-state index in [1.165, 1.54) is 6.20 Å². The second-order valence-corrected chi connectivity index (χ2v) is 5.19. The fourth-order valence-corrected chi connectivity index (χ4v) is 2.35. The van der Waals surface area contributed by atoms with Gasteiger partial charge in [0.15, 0.2) is 5.69 Å². The number of aromatic carboxylic acids is 1. The predicted molar refractivity (Wildman–Crippen MR) is 87.2 cm³/mol. The standard InChI is InChI=1S/C18H16N2O3/c1-12-6-8-13(9-7-12)17-19-16(18(21)22)11-20(17)14-4-3-5-15(10-14)23-2/h3-11H,1-2H3,(H,21,22). The third-order valence-electron chi connectivity index (χ3n) is 3.57. The van der Waals surface area contributed by atoms with E-state index in [0.29, 0.717) is 11.6 Å². The summed E-state index contributed by atoms with van der Waals surface area (Å²) in [6.45, 7) is 2.00. The highest BCUT2D eigenvalue weighted by Crippen LogP contribution is 2.25. The number of aryl methyl sites for hydroxylation is 1. The molecular weight excluding hydrogens is 292 g/mol. The van der Waals surface area contributed by atoms with E-state index >= 15 is 0 Å². The normalized spacial score (nSPS) is 10.5. The average Bonchev–Trinajstić information content (AvgIpc) is 3.01. The SMILES string of the molecule is COc1cccc(-n2cc(C(=O)O)nc2-c2ccc(C)cc2)c1.